The van der Waals surface area contributed by atoms with Crippen LogP contribution in [0.2, 0.25) is 0 Å². The number of rotatable bonds is 61. The van der Waals surface area contributed by atoms with E-state index in [0.717, 1.165) is 109 Å². The maximum absolute atomic E-state index is 12.9. The van der Waals surface area contributed by atoms with Crippen LogP contribution < -0.4 is 5.11 Å². The zero-order valence-electron chi connectivity index (χ0n) is 54.0. The Bertz CT molecular complexity index is 1780. The number of carboxylic acid groups (broad SMARTS) is 1. The number of likely N-dealkylation sites (N-methyl/N-ethyl adjacent to an activating group) is 1. The molecule has 0 aliphatic carbocycles. The highest BCUT2D eigenvalue weighted by atomic mass is 16.7. The third-order valence-electron chi connectivity index (χ3n) is 14.2. The number of carboxylic acids is 1. The molecule has 0 aromatic rings. The predicted molar refractivity (Wildman–Crippen MR) is 352 cm³/mol. The van der Waals surface area contributed by atoms with Crippen molar-refractivity contribution < 1.29 is 42.9 Å². The average molecular weight is 1160 g/mol. The summed E-state index contributed by atoms with van der Waals surface area (Å²) in [5, 5.41) is 11.8. The second kappa shape index (κ2) is 63.7. The number of esters is 2. The van der Waals surface area contributed by atoms with Crippen molar-refractivity contribution in [3.8, 4) is 0 Å². The quantitative estimate of drug-likeness (QED) is 0.0195. The largest absolute Gasteiger partial charge is 0.545 e. The molecular formula is C74H125NO8. The van der Waals surface area contributed by atoms with Crippen molar-refractivity contribution in [1.82, 2.24) is 0 Å². The number of carbonyl (C=O) groups is 3. The summed E-state index contributed by atoms with van der Waals surface area (Å²) < 4.78 is 22.8. The van der Waals surface area contributed by atoms with Crippen LogP contribution in [0.1, 0.15) is 271 Å². The first-order valence-electron chi connectivity index (χ1n) is 33.7. The number of quaternary nitrogens is 1. The van der Waals surface area contributed by atoms with Crippen LogP contribution in [-0.2, 0) is 33.3 Å². The van der Waals surface area contributed by atoms with E-state index in [4.69, 9.17) is 18.9 Å². The molecule has 0 aromatic carbocycles. The molecule has 0 bridgehead atoms. The summed E-state index contributed by atoms with van der Waals surface area (Å²) in [6.07, 6.45) is 86.9. The molecule has 0 aliphatic rings. The lowest BCUT2D eigenvalue weighted by Crippen LogP contribution is -2.44. The van der Waals surface area contributed by atoms with Gasteiger partial charge in [-0.05, 0) is 109 Å². The van der Waals surface area contributed by atoms with Crippen molar-refractivity contribution in [2.75, 3.05) is 47.5 Å². The minimum Gasteiger partial charge on any atom is -0.545 e. The molecule has 0 spiro atoms. The zero-order chi connectivity index (χ0) is 60.5. The van der Waals surface area contributed by atoms with E-state index >= 15 is 0 Å². The summed E-state index contributed by atoms with van der Waals surface area (Å²) in [5.74, 6) is -2.31. The fraction of sp³-hybridized carbons (Fsp3) is 0.689. The minimum absolute atomic E-state index is 0.138. The molecule has 0 amide bonds. The van der Waals surface area contributed by atoms with Crippen molar-refractivity contribution in [2.24, 2.45) is 0 Å². The van der Waals surface area contributed by atoms with E-state index in [2.05, 4.69) is 135 Å². The molecule has 9 nitrogen and oxygen atoms in total. The highest BCUT2D eigenvalue weighted by Crippen LogP contribution is 2.16. The van der Waals surface area contributed by atoms with Gasteiger partial charge in [-0.15, -0.1) is 0 Å². The molecule has 474 valence electrons. The van der Waals surface area contributed by atoms with Crippen LogP contribution in [0, 0.1) is 0 Å². The van der Waals surface area contributed by atoms with Gasteiger partial charge < -0.3 is 33.3 Å². The van der Waals surface area contributed by atoms with Gasteiger partial charge in [0.1, 0.15) is 13.2 Å². The van der Waals surface area contributed by atoms with Crippen molar-refractivity contribution in [2.45, 2.75) is 283 Å². The number of allylic oxidation sites excluding steroid dienone is 20. The van der Waals surface area contributed by atoms with Crippen LogP contribution in [0.5, 0.6) is 0 Å². The number of carbonyl (C=O) groups excluding carboxylic acids is 3. The first-order chi connectivity index (χ1) is 40.6. The van der Waals surface area contributed by atoms with Gasteiger partial charge in [0.05, 0.1) is 40.3 Å². The summed E-state index contributed by atoms with van der Waals surface area (Å²) in [6.45, 7) is 4.62. The maximum Gasteiger partial charge on any atom is 0.306 e. The molecule has 0 N–H and O–H groups in total. The Morgan fingerprint density at radius 2 is 0.687 bits per heavy atom. The van der Waals surface area contributed by atoms with Crippen molar-refractivity contribution in [3.05, 3.63) is 122 Å². The number of nitrogens with zero attached hydrogens (tertiary/aromatic N) is 1. The lowest BCUT2D eigenvalue weighted by atomic mass is 10.0. The van der Waals surface area contributed by atoms with Crippen molar-refractivity contribution in [3.63, 3.8) is 0 Å². The monoisotopic (exact) mass is 1160 g/mol. The number of hydrogen-bond donors (Lipinski definition) is 0. The maximum atomic E-state index is 12.9. The van der Waals surface area contributed by atoms with E-state index in [9.17, 15) is 19.5 Å². The molecule has 0 radical (unpaired) electrons. The van der Waals surface area contributed by atoms with E-state index in [-0.39, 0.29) is 38.6 Å². The Kier molecular flexibility index (Phi) is 60.4. The van der Waals surface area contributed by atoms with Gasteiger partial charge in [0.15, 0.2) is 12.4 Å². The van der Waals surface area contributed by atoms with Gasteiger partial charge >= 0.3 is 11.9 Å². The summed E-state index contributed by atoms with van der Waals surface area (Å²) in [6, 6.07) is 0. The summed E-state index contributed by atoms with van der Waals surface area (Å²) in [7, 11) is 5.92. The van der Waals surface area contributed by atoms with E-state index in [1.165, 1.54) is 128 Å². The van der Waals surface area contributed by atoms with E-state index < -0.39 is 24.3 Å². The van der Waals surface area contributed by atoms with Crippen LogP contribution in [0.25, 0.3) is 0 Å². The zero-order valence-corrected chi connectivity index (χ0v) is 54.0. The van der Waals surface area contributed by atoms with Crippen molar-refractivity contribution >= 4 is 17.9 Å². The van der Waals surface area contributed by atoms with Crippen LogP contribution in [-0.4, -0.2) is 82.3 Å². The fourth-order valence-corrected chi connectivity index (χ4v) is 9.05. The number of hydrogen-bond acceptors (Lipinski definition) is 8. The first kappa shape index (κ1) is 78.7. The van der Waals surface area contributed by atoms with E-state index in [0.29, 0.717) is 17.4 Å². The summed E-state index contributed by atoms with van der Waals surface area (Å²) in [5.41, 5.74) is 0. The lowest BCUT2D eigenvalue weighted by Gasteiger charge is -2.26. The third-order valence-corrected chi connectivity index (χ3v) is 14.2. The first-order valence-corrected chi connectivity index (χ1v) is 33.7. The molecule has 2 unspecified atom stereocenters. The molecule has 9 heteroatoms. The van der Waals surface area contributed by atoms with Gasteiger partial charge in [-0.3, -0.25) is 9.59 Å². The minimum atomic E-state index is -1.63. The molecule has 83 heavy (non-hydrogen) atoms. The van der Waals surface area contributed by atoms with Gasteiger partial charge in [0, 0.05) is 12.8 Å². The Hall–Kier alpha value is -4.31. The number of ether oxygens (including phenoxy) is 4. The predicted octanol–water partition coefficient (Wildman–Crippen LogP) is 19.5. The van der Waals surface area contributed by atoms with E-state index in [1.807, 2.05) is 21.1 Å². The Morgan fingerprint density at radius 1 is 0.373 bits per heavy atom. The lowest BCUT2D eigenvalue weighted by molar-refractivity contribution is -0.870. The Balaban J connectivity index is 4.24. The second-order valence-corrected chi connectivity index (χ2v) is 23.4. The average Bonchev–Trinajstić information content (AvgIpc) is 3.46. The van der Waals surface area contributed by atoms with E-state index in [1.54, 1.807) is 0 Å². The van der Waals surface area contributed by atoms with Gasteiger partial charge in [0.25, 0.3) is 0 Å². The van der Waals surface area contributed by atoms with Gasteiger partial charge in [-0.25, -0.2) is 0 Å². The molecule has 0 aromatic heterocycles. The summed E-state index contributed by atoms with van der Waals surface area (Å²) in [4.78, 5) is 37.4. The third kappa shape index (κ3) is 65.1. The number of aliphatic carboxylic acids is 1. The van der Waals surface area contributed by atoms with Gasteiger partial charge in [-0.1, -0.05) is 270 Å². The highest BCUT2D eigenvalue weighted by molar-refractivity contribution is 5.70. The van der Waals surface area contributed by atoms with Crippen LogP contribution >= 0.6 is 0 Å². The van der Waals surface area contributed by atoms with Crippen LogP contribution in [0.4, 0.5) is 0 Å². The fourth-order valence-electron chi connectivity index (χ4n) is 9.05. The molecular weight excluding hydrogens is 1030 g/mol. The molecule has 2 atom stereocenters. The molecule has 0 fully saturated rings. The standard InChI is InChI=1S/C74H125NO8/c1-6-8-10-12-14-16-18-20-22-24-26-28-30-32-33-34-35-36-37-38-39-41-43-45-47-49-51-53-55-57-59-61-63-65-72(77)83-70(69-82-74(73(78)79)80-67-66-75(3,4)5)68-81-71(76)64-62-60-58-56-54-52-50-48-46-44-42-40-31-29-27-25-23-21-19-17-15-13-11-9-7-2/h8,10,14,16,20,22,25-28,32-33,35-36,38-39,43,45,49,51,70,74H,6-7,9,11-13,15,17-19,21,23-24,29-31,34,37,40-42,44,46-48,50,52-69H2,1-5H3/b10-8-,16-14-,22-20-,27-25-,28-26-,33-32-,36-35-,39-38-,45-43-,51-49-. The van der Waals surface area contributed by atoms with Gasteiger partial charge in [-0.2, -0.15) is 0 Å². The smallest absolute Gasteiger partial charge is 0.306 e. The number of unbranched alkanes of at least 4 members (excludes halogenated alkanes) is 26. The highest BCUT2D eigenvalue weighted by Gasteiger charge is 2.22. The Morgan fingerprint density at radius 3 is 1.04 bits per heavy atom. The molecule has 0 saturated heterocycles. The Labute approximate surface area is 510 Å². The summed E-state index contributed by atoms with van der Waals surface area (Å²) >= 11 is 0. The van der Waals surface area contributed by atoms with Gasteiger partial charge in [0.2, 0.25) is 0 Å². The molecule has 0 rings (SSSR count). The topological polar surface area (TPSA) is 111 Å². The second-order valence-electron chi connectivity index (χ2n) is 23.4. The molecule has 0 aliphatic heterocycles. The normalized spacial score (nSPS) is 13.5. The molecule has 0 saturated carbocycles. The molecule has 0 heterocycles. The SMILES string of the molecule is CC/C=C\C/C=C\C/C=C\C/C=C\C/C=C\C/C=C\C/C=C\C/C=C\C/C=C\CCCCCCCC(=O)OC(COC(=O)CCCCCCCCCCCCCCC/C=C\CCCCCCCCCC)COC(OCC[N+](C)(C)C)C(=O)[O-]. The van der Waals surface area contributed by atoms with Crippen LogP contribution in [0.3, 0.4) is 0 Å². The van der Waals surface area contributed by atoms with Crippen LogP contribution in [0.15, 0.2) is 122 Å². The van der Waals surface area contributed by atoms with Crippen molar-refractivity contribution in [1.29, 1.82) is 0 Å².